The molecule has 1 fully saturated rings. The molecular weight excluding hydrogens is 238 g/mol. The monoisotopic (exact) mass is 263 g/mol. The van der Waals surface area contributed by atoms with Crippen molar-refractivity contribution in [3.63, 3.8) is 0 Å². The minimum atomic E-state index is 0.0693. The first kappa shape index (κ1) is 14.1. The summed E-state index contributed by atoms with van der Waals surface area (Å²) in [5, 5.41) is 16.4. The summed E-state index contributed by atoms with van der Waals surface area (Å²) >= 11 is 0. The molecule has 1 aliphatic carbocycles. The standard InChI is InChI=1S/C15H25N3O/c1-2-16-14-10-13(6-9-17-14)18-11-15(12-19)7-4-3-5-8-15/h6,9-10,19H,2-5,7-8,11-12H2,1H3,(H2,16,17,18). The Balaban J connectivity index is 1.94. The molecule has 4 nitrogen and oxygen atoms in total. The number of pyridine rings is 1. The van der Waals surface area contributed by atoms with Gasteiger partial charge < -0.3 is 15.7 Å². The van der Waals surface area contributed by atoms with E-state index in [9.17, 15) is 5.11 Å². The number of nitrogens with one attached hydrogen (secondary N) is 2. The molecule has 0 bridgehead atoms. The van der Waals surface area contributed by atoms with Crippen LogP contribution in [0.15, 0.2) is 18.3 Å². The van der Waals surface area contributed by atoms with Crippen molar-refractivity contribution in [1.82, 2.24) is 4.98 Å². The van der Waals surface area contributed by atoms with Crippen LogP contribution in [0.3, 0.4) is 0 Å². The van der Waals surface area contributed by atoms with E-state index in [2.05, 4.69) is 22.5 Å². The summed E-state index contributed by atoms with van der Waals surface area (Å²) in [7, 11) is 0. The normalized spacial score (nSPS) is 18.0. The first-order valence-electron chi connectivity index (χ1n) is 7.33. The summed E-state index contributed by atoms with van der Waals surface area (Å²) in [6.07, 6.45) is 7.85. The molecule has 1 aromatic rings. The number of aromatic nitrogens is 1. The van der Waals surface area contributed by atoms with Crippen LogP contribution in [0.4, 0.5) is 11.5 Å². The van der Waals surface area contributed by atoms with Crippen molar-refractivity contribution in [2.45, 2.75) is 39.0 Å². The molecule has 106 valence electrons. The van der Waals surface area contributed by atoms with E-state index >= 15 is 0 Å². The summed E-state index contributed by atoms with van der Waals surface area (Å²) in [5.41, 5.74) is 1.14. The highest BCUT2D eigenvalue weighted by atomic mass is 16.3. The molecule has 2 rings (SSSR count). The zero-order valence-corrected chi connectivity index (χ0v) is 11.8. The first-order valence-corrected chi connectivity index (χ1v) is 7.33. The lowest BCUT2D eigenvalue weighted by Crippen LogP contribution is -2.35. The molecule has 1 saturated carbocycles. The van der Waals surface area contributed by atoms with E-state index < -0.39 is 0 Å². The molecule has 1 aliphatic rings. The minimum absolute atomic E-state index is 0.0693. The molecular formula is C15H25N3O. The van der Waals surface area contributed by atoms with Gasteiger partial charge in [0.25, 0.3) is 0 Å². The third-order valence-corrected chi connectivity index (χ3v) is 4.03. The number of rotatable bonds is 6. The third-order valence-electron chi connectivity index (χ3n) is 4.03. The van der Waals surface area contributed by atoms with E-state index in [1.54, 1.807) is 0 Å². The second-order valence-corrected chi connectivity index (χ2v) is 5.53. The van der Waals surface area contributed by atoms with Gasteiger partial charge in [-0.1, -0.05) is 19.3 Å². The van der Waals surface area contributed by atoms with E-state index in [1.165, 1.54) is 19.3 Å². The highest BCUT2D eigenvalue weighted by Crippen LogP contribution is 2.36. The molecule has 19 heavy (non-hydrogen) atoms. The Hall–Kier alpha value is -1.29. The van der Waals surface area contributed by atoms with Crippen LogP contribution >= 0.6 is 0 Å². The lowest BCUT2D eigenvalue weighted by atomic mass is 9.74. The molecule has 3 N–H and O–H groups in total. The lowest BCUT2D eigenvalue weighted by molar-refractivity contribution is 0.0944. The Morgan fingerprint density at radius 1 is 1.26 bits per heavy atom. The van der Waals surface area contributed by atoms with Gasteiger partial charge in [0, 0.05) is 36.5 Å². The van der Waals surface area contributed by atoms with Crippen LogP contribution in [0.25, 0.3) is 0 Å². The number of aliphatic hydroxyl groups is 1. The summed E-state index contributed by atoms with van der Waals surface area (Å²) in [6.45, 7) is 4.06. The Bertz CT molecular complexity index is 389. The van der Waals surface area contributed by atoms with Gasteiger partial charge in [0.2, 0.25) is 0 Å². The number of hydrogen-bond acceptors (Lipinski definition) is 4. The van der Waals surface area contributed by atoms with Crippen LogP contribution in [-0.2, 0) is 0 Å². The molecule has 4 heteroatoms. The van der Waals surface area contributed by atoms with Crippen molar-refractivity contribution in [3.05, 3.63) is 18.3 Å². The van der Waals surface area contributed by atoms with Gasteiger partial charge >= 0.3 is 0 Å². The van der Waals surface area contributed by atoms with Crippen LogP contribution in [-0.4, -0.2) is 29.8 Å². The predicted octanol–water partition coefficient (Wildman–Crippen LogP) is 2.87. The van der Waals surface area contributed by atoms with E-state index in [1.807, 2.05) is 18.3 Å². The number of nitrogens with zero attached hydrogens (tertiary/aromatic N) is 1. The van der Waals surface area contributed by atoms with Gasteiger partial charge in [0.1, 0.15) is 5.82 Å². The van der Waals surface area contributed by atoms with Crippen LogP contribution < -0.4 is 10.6 Å². The van der Waals surface area contributed by atoms with E-state index in [0.717, 1.165) is 37.4 Å². The van der Waals surface area contributed by atoms with E-state index in [4.69, 9.17) is 0 Å². The highest BCUT2D eigenvalue weighted by Gasteiger charge is 2.31. The maximum Gasteiger partial charge on any atom is 0.127 e. The molecule has 1 heterocycles. The highest BCUT2D eigenvalue weighted by molar-refractivity contribution is 5.51. The Morgan fingerprint density at radius 2 is 2.05 bits per heavy atom. The molecule has 0 unspecified atom stereocenters. The summed E-state index contributed by atoms with van der Waals surface area (Å²) in [5.74, 6) is 0.897. The Kier molecular flexibility index (Phi) is 5.02. The summed E-state index contributed by atoms with van der Waals surface area (Å²) in [4.78, 5) is 4.26. The van der Waals surface area contributed by atoms with Crippen molar-refractivity contribution in [2.24, 2.45) is 5.41 Å². The topological polar surface area (TPSA) is 57.2 Å². The maximum atomic E-state index is 9.69. The van der Waals surface area contributed by atoms with E-state index in [0.29, 0.717) is 0 Å². The van der Waals surface area contributed by atoms with Crippen molar-refractivity contribution >= 4 is 11.5 Å². The molecule has 0 spiro atoms. The molecule has 1 aromatic heterocycles. The predicted molar refractivity (Wildman–Crippen MR) is 79.5 cm³/mol. The largest absolute Gasteiger partial charge is 0.396 e. The van der Waals surface area contributed by atoms with Crippen molar-refractivity contribution in [2.75, 3.05) is 30.3 Å². The van der Waals surface area contributed by atoms with Crippen LogP contribution in [0.5, 0.6) is 0 Å². The van der Waals surface area contributed by atoms with E-state index in [-0.39, 0.29) is 12.0 Å². The van der Waals surface area contributed by atoms with Crippen LogP contribution in [0, 0.1) is 5.41 Å². The second-order valence-electron chi connectivity index (χ2n) is 5.53. The van der Waals surface area contributed by atoms with Crippen molar-refractivity contribution in [1.29, 1.82) is 0 Å². The first-order chi connectivity index (χ1) is 9.28. The zero-order valence-electron chi connectivity index (χ0n) is 11.8. The average molecular weight is 263 g/mol. The lowest BCUT2D eigenvalue weighted by Gasteiger charge is -2.36. The van der Waals surface area contributed by atoms with Crippen LogP contribution in [0.1, 0.15) is 39.0 Å². The Labute approximate surface area is 115 Å². The molecule has 0 amide bonds. The van der Waals surface area contributed by atoms with Gasteiger partial charge in [-0.05, 0) is 25.8 Å². The summed E-state index contributed by atoms with van der Waals surface area (Å²) in [6, 6.07) is 4.01. The third kappa shape index (κ3) is 3.83. The van der Waals surface area contributed by atoms with Crippen molar-refractivity contribution < 1.29 is 5.11 Å². The fraction of sp³-hybridized carbons (Fsp3) is 0.667. The SMILES string of the molecule is CCNc1cc(NCC2(CO)CCCCC2)ccn1. The molecule has 0 saturated heterocycles. The fourth-order valence-electron chi connectivity index (χ4n) is 2.80. The van der Waals surface area contributed by atoms with Crippen molar-refractivity contribution in [3.8, 4) is 0 Å². The second kappa shape index (κ2) is 6.75. The van der Waals surface area contributed by atoms with Gasteiger partial charge in [-0.2, -0.15) is 0 Å². The quantitative estimate of drug-likeness (QED) is 0.738. The Morgan fingerprint density at radius 3 is 2.74 bits per heavy atom. The zero-order chi connectivity index (χ0) is 13.6. The maximum absolute atomic E-state index is 9.69. The average Bonchev–Trinajstić information content (AvgIpc) is 2.47. The number of anilines is 2. The van der Waals surface area contributed by atoms with Gasteiger partial charge in [-0.25, -0.2) is 4.98 Å². The number of hydrogen-bond donors (Lipinski definition) is 3. The summed E-state index contributed by atoms with van der Waals surface area (Å²) < 4.78 is 0. The number of aliphatic hydroxyl groups excluding tert-OH is 1. The molecule has 0 aromatic carbocycles. The van der Waals surface area contributed by atoms with Gasteiger partial charge in [0.15, 0.2) is 0 Å². The fourth-order valence-corrected chi connectivity index (χ4v) is 2.80. The minimum Gasteiger partial charge on any atom is -0.396 e. The van der Waals surface area contributed by atoms with Crippen LogP contribution in [0.2, 0.25) is 0 Å². The van der Waals surface area contributed by atoms with Gasteiger partial charge in [-0.3, -0.25) is 0 Å². The molecule has 0 radical (unpaired) electrons. The molecule has 0 atom stereocenters. The smallest absolute Gasteiger partial charge is 0.127 e. The molecule has 0 aliphatic heterocycles. The van der Waals surface area contributed by atoms with Gasteiger partial charge in [0.05, 0.1) is 6.61 Å². The van der Waals surface area contributed by atoms with Gasteiger partial charge in [-0.15, -0.1) is 0 Å².